The van der Waals surface area contributed by atoms with Crippen molar-refractivity contribution in [3.63, 3.8) is 0 Å². The third-order valence-corrected chi connectivity index (χ3v) is 5.90. The highest BCUT2D eigenvalue weighted by molar-refractivity contribution is 5.99. The van der Waals surface area contributed by atoms with E-state index in [1.54, 1.807) is 0 Å². The fourth-order valence-electron chi connectivity index (χ4n) is 4.17. The van der Waals surface area contributed by atoms with Crippen LogP contribution in [0.5, 0.6) is 11.5 Å². The van der Waals surface area contributed by atoms with Crippen LogP contribution in [0.1, 0.15) is 16.7 Å². The Balaban J connectivity index is 1.59. The maximum atomic E-state index is 5.65. The van der Waals surface area contributed by atoms with E-state index < -0.39 is 0 Å². The summed E-state index contributed by atoms with van der Waals surface area (Å²) in [5, 5.41) is 10.1. The zero-order valence-corrected chi connectivity index (χ0v) is 17.4. The zero-order chi connectivity index (χ0) is 20.9. The molecule has 3 aliphatic heterocycles. The number of hydrogen-bond acceptors (Lipinski definition) is 4. The van der Waals surface area contributed by atoms with Gasteiger partial charge in [0.2, 0.25) is 6.79 Å². The van der Waals surface area contributed by atoms with Crippen LogP contribution in [0.15, 0.2) is 66.9 Å². The van der Waals surface area contributed by atoms with E-state index >= 15 is 0 Å². The van der Waals surface area contributed by atoms with Crippen molar-refractivity contribution in [2.24, 2.45) is 0 Å². The average Bonchev–Trinajstić information content (AvgIpc) is 3.41. The van der Waals surface area contributed by atoms with Crippen molar-refractivity contribution in [3.8, 4) is 34.0 Å². The maximum Gasteiger partial charge on any atom is 0.231 e. The standard InChI is InChI=1S/C26H21N3O2/c1-16-3-7-18(8-4-16)13-29-14-21-25(19-9-5-17(2)6-10-19)27-28-26(21)20-11-23-24(12-22(20)29)31-15-30-23/h3-12,14H,13,15H2,1-2H3. The molecular weight excluding hydrogens is 386 g/mol. The number of pyridine rings is 1. The molecule has 5 nitrogen and oxygen atoms in total. The third kappa shape index (κ3) is 3.01. The van der Waals surface area contributed by atoms with Crippen LogP contribution in [-0.2, 0) is 6.54 Å². The Morgan fingerprint density at radius 1 is 0.806 bits per heavy atom. The van der Waals surface area contributed by atoms with E-state index in [1.807, 2.05) is 12.1 Å². The Labute approximate surface area is 180 Å². The van der Waals surface area contributed by atoms with Gasteiger partial charge >= 0.3 is 0 Å². The molecule has 0 atom stereocenters. The minimum atomic E-state index is 0.244. The molecule has 31 heavy (non-hydrogen) atoms. The van der Waals surface area contributed by atoms with E-state index in [-0.39, 0.29) is 6.79 Å². The molecule has 0 radical (unpaired) electrons. The van der Waals surface area contributed by atoms with E-state index in [4.69, 9.17) is 9.47 Å². The van der Waals surface area contributed by atoms with Gasteiger partial charge in [0.05, 0.1) is 5.52 Å². The molecule has 0 fully saturated rings. The molecule has 5 heteroatoms. The third-order valence-electron chi connectivity index (χ3n) is 5.90. The molecule has 0 aliphatic carbocycles. The molecule has 0 unspecified atom stereocenters. The molecule has 0 amide bonds. The van der Waals surface area contributed by atoms with Crippen LogP contribution in [0.2, 0.25) is 0 Å². The Kier molecular flexibility index (Phi) is 3.96. The summed E-state index contributed by atoms with van der Waals surface area (Å²) in [6.07, 6.45) is 2.16. The number of fused-ring (bicyclic) bond motifs is 4. The van der Waals surface area contributed by atoms with E-state index in [9.17, 15) is 0 Å². The monoisotopic (exact) mass is 407 g/mol. The first-order chi connectivity index (χ1) is 15.2. The molecule has 0 saturated heterocycles. The SMILES string of the molecule is Cc1ccc(Cn2cc3c(-c4ccc(C)cc4)nnc-3c3cc4c(cc32)OCO4)cc1. The highest BCUT2D eigenvalue weighted by atomic mass is 16.7. The largest absolute Gasteiger partial charge is 0.454 e. The highest BCUT2D eigenvalue weighted by Gasteiger charge is 2.24. The van der Waals surface area contributed by atoms with Crippen molar-refractivity contribution >= 4 is 10.9 Å². The van der Waals surface area contributed by atoms with Gasteiger partial charge in [-0.2, -0.15) is 0 Å². The lowest BCUT2D eigenvalue weighted by Crippen LogP contribution is -2.04. The van der Waals surface area contributed by atoms with Gasteiger partial charge in [-0.05, 0) is 25.5 Å². The Bertz CT molecular complexity index is 1390. The summed E-state index contributed by atoms with van der Waals surface area (Å²) in [5.41, 5.74) is 8.63. The number of aromatic nitrogens is 3. The Hall–Kier alpha value is -3.86. The van der Waals surface area contributed by atoms with Crippen molar-refractivity contribution in [1.29, 1.82) is 0 Å². The second-order valence-corrected chi connectivity index (χ2v) is 8.14. The summed E-state index contributed by atoms with van der Waals surface area (Å²) in [6.45, 7) is 5.18. The summed E-state index contributed by atoms with van der Waals surface area (Å²) >= 11 is 0. The van der Waals surface area contributed by atoms with Crippen LogP contribution in [0.25, 0.3) is 33.4 Å². The first-order valence-electron chi connectivity index (χ1n) is 10.4. The molecule has 0 saturated carbocycles. The van der Waals surface area contributed by atoms with Crippen LogP contribution >= 0.6 is 0 Å². The number of hydrogen-bond donors (Lipinski definition) is 0. The molecule has 3 heterocycles. The summed E-state index contributed by atoms with van der Waals surface area (Å²) in [5.74, 6) is 1.52. The lowest BCUT2D eigenvalue weighted by atomic mass is 10.0. The number of nitrogens with zero attached hydrogens (tertiary/aromatic N) is 3. The molecule has 0 bridgehead atoms. The Morgan fingerprint density at radius 3 is 2.19 bits per heavy atom. The van der Waals surface area contributed by atoms with Crippen LogP contribution < -0.4 is 9.47 Å². The van der Waals surface area contributed by atoms with Crippen LogP contribution in [0, 0.1) is 13.8 Å². The lowest BCUT2D eigenvalue weighted by molar-refractivity contribution is 0.174. The molecule has 3 aromatic carbocycles. The van der Waals surface area contributed by atoms with Gasteiger partial charge in [0, 0.05) is 35.3 Å². The van der Waals surface area contributed by atoms with Gasteiger partial charge in [-0.3, -0.25) is 0 Å². The molecule has 3 aliphatic rings. The fraction of sp³-hybridized carbons (Fsp3) is 0.154. The zero-order valence-electron chi connectivity index (χ0n) is 17.4. The summed E-state index contributed by atoms with van der Waals surface area (Å²) in [4.78, 5) is 0. The fourth-order valence-corrected chi connectivity index (χ4v) is 4.17. The molecular formula is C26H21N3O2. The molecule has 0 aromatic heterocycles. The van der Waals surface area contributed by atoms with Crippen LogP contribution in [0.4, 0.5) is 0 Å². The number of aryl methyl sites for hydroxylation is 2. The normalized spacial score (nSPS) is 12.7. The first-order valence-corrected chi connectivity index (χ1v) is 10.4. The second kappa shape index (κ2) is 6.84. The van der Waals surface area contributed by atoms with Gasteiger partial charge in [-0.15, -0.1) is 10.2 Å². The quantitative estimate of drug-likeness (QED) is 0.391. The minimum Gasteiger partial charge on any atom is -0.454 e. The minimum absolute atomic E-state index is 0.244. The summed E-state index contributed by atoms with van der Waals surface area (Å²) in [6, 6.07) is 21.1. The topological polar surface area (TPSA) is 49.2 Å². The molecule has 6 rings (SSSR count). The number of benzene rings is 3. The smallest absolute Gasteiger partial charge is 0.231 e. The van der Waals surface area contributed by atoms with Crippen molar-refractivity contribution in [1.82, 2.24) is 14.8 Å². The van der Waals surface area contributed by atoms with Gasteiger partial charge in [0.25, 0.3) is 0 Å². The number of rotatable bonds is 3. The van der Waals surface area contributed by atoms with Gasteiger partial charge in [0.15, 0.2) is 11.5 Å². The molecule has 0 N–H and O–H groups in total. The molecule has 152 valence electrons. The van der Waals surface area contributed by atoms with E-state index in [1.165, 1.54) is 16.7 Å². The van der Waals surface area contributed by atoms with E-state index in [0.717, 1.165) is 51.5 Å². The van der Waals surface area contributed by atoms with Crippen LogP contribution in [-0.4, -0.2) is 21.6 Å². The predicted octanol–water partition coefficient (Wildman–Crippen LogP) is 5.60. The van der Waals surface area contributed by atoms with Crippen molar-refractivity contribution in [3.05, 3.63) is 83.6 Å². The second-order valence-electron chi connectivity index (χ2n) is 8.14. The summed E-state index contributed by atoms with van der Waals surface area (Å²) < 4.78 is 13.6. The predicted molar refractivity (Wildman–Crippen MR) is 121 cm³/mol. The first kappa shape index (κ1) is 18.0. The summed E-state index contributed by atoms with van der Waals surface area (Å²) in [7, 11) is 0. The van der Waals surface area contributed by atoms with Gasteiger partial charge < -0.3 is 14.0 Å². The van der Waals surface area contributed by atoms with Gasteiger partial charge in [-0.1, -0.05) is 59.7 Å². The van der Waals surface area contributed by atoms with Crippen molar-refractivity contribution in [2.75, 3.05) is 6.79 Å². The number of ether oxygens (including phenoxy) is 2. The van der Waals surface area contributed by atoms with Gasteiger partial charge in [0.1, 0.15) is 11.4 Å². The van der Waals surface area contributed by atoms with E-state index in [0.29, 0.717) is 0 Å². The maximum absolute atomic E-state index is 5.65. The van der Waals surface area contributed by atoms with Crippen LogP contribution in [0.3, 0.4) is 0 Å². The van der Waals surface area contributed by atoms with Crippen molar-refractivity contribution < 1.29 is 9.47 Å². The molecule has 0 spiro atoms. The van der Waals surface area contributed by atoms with Crippen molar-refractivity contribution in [2.45, 2.75) is 20.4 Å². The molecule has 3 aromatic rings. The Morgan fingerprint density at radius 2 is 1.45 bits per heavy atom. The van der Waals surface area contributed by atoms with Gasteiger partial charge in [-0.25, -0.2) is 0 Å². The van der Waals surface area contributed by atoms with E-state index in [2.05, 4.69) is 83.3 Å². The highest BCUT2D eigenvalue weighted by Crippen LogP contribution is 2.42. The average molecular weight is 407 g/mol. The lowest BCUT2D eigenvalue weighted by Gasteiger charge is -2.16.